The van der Waals surface area contributed by atoms with Crippen LogP contribution in [0.4, 0.5) is 4.39 Å². The smallest absolute Gasteiger partial charge is 0.190 e. The van der Waals surface area contributed by atoms with Crippen molar-refractivity contribution in [2.75, 3.05) is 0 Å². The fraction of sp³-hybridized carbons (Fsp3) is 0.105. The Morgan fingerprint density at radius 3 is 2.46 bits per heavy atom. The zero-order valence-corrected chi connectivity index (χ0v) is 13.1. The third kappa shape index (κ3) is 3.55. The number of hydrogen-bond donors (Lipinski definition) is 0. The average molecular weight is 318 g/mol. The molecule has 1 heterocycles. The Kier molecular flexibility index (Phi) is 4.48. The maximum absolute atomic E-state index is 13.0. The van der Waals surface area contributed by atoms with Crippen molar-refractivity contribution in [3.05, 3.63) is 82.4 Å². The van der Waals surface area contributed by atoms with Gasteiger partial charge in [-0.2, -0.15) is 5.26 Å². The Morgan fingerprint density at radius 2 is 1.79 bits per heavy atom. The topological polar surface area (TPSA) is 54.5 Å². The van der Waals surface area contributed by atoms with Crippen molar-refractivity contribution in [1.29, 1.82) is 5.26 Å². The summed E-state index contributed by atoms with van der Waals surface area (Å²) in [4.78, 5) is 0. The number of aryl methyl sites for hydroxylation is 1. The van der Waals surface area contributed by atoms with E-state index in [0.717, 1.165) is 11.1 Å². The third-order valence-corrected chi connectivity index (χ3v) is 3.64. The molecule has 2 aromatic carbocycles. The van der Waals surface area contributed by atoms with Gasteiger partial charge in [0.15, 0.2) is 5.69 Å². The molecule has 1 aromatic heterocycles. The van der Waals surface area contributed by atoms with Crippen molar-refractivity contribution >= 4 is 12.2 Å². The van der Waals surface area contributed by atoms with E-state index in [1.165, 1.54) is 17.7 Å². The molecule has 0 radical (unpaired) electrons. The molecule has 24 heavy (non-hydrogen) atoms. The van der Waals surface area contributed by atoms with Gasteiger partial charge in [-0.05, 0) is 36.3 Å². The zero-order valence-electron chi connectivity index (χ0n) is 13.1. The summed E-state index contributed by atoms with van der Waals surface area (Å²) in [5.74, 6) is -0.283. The van der Waals surface area contributed by atoms with E-state index in [-0.39, 0.29) is 11.5 Å². The molecule has 0 saturated carbocycles. The molecular formula is C19H15FN4. The monoisotopic (exact) mass is 318 g/mol. The predicted molar refractivity (Wildman–Crippen MR) is 90.3 cm³/mol. The van der Waals surface area contributed by atoms with Gasteiger partial charge in [-0.1, -0.05) is 53.3 Å². The highest BCUT2D eigenvalue weighted by Gasteiger charge is 2.10. The molecule has 0 aliphatic carbocycles. The predicted octanol–water partition coefficient (Wildman–Crippen LogP) is 3.82. The van der Waals surface area contributed by atoms with Crippen LogP contribution in [0.1, 0.15) is 28.1 Å². The minimum Gasteiger partial charge on any atom is -0.239 e. The lowest BCUT2D eigenvalue weighted by atomic mass is 10.1. The van der Waals surface area contributed by atoms with Crippen LogP contribution in [0.5, 0.6) is 0 Å². The van der Waals surface area contributed by atoms with Crippen molar-refractivity contribution in [1.82, 2.24) is 15.0 Å². The summed E-state index contributed by atoms with van der Waals surface area (Å²) in [7, 11) is 0. The summed E-state index contributed by atoms with van der Waals surface area (Å²) >= 11 is 0. The summed E-state index contributed by atoms with van der Waals surface area (Å²) < 4.78 is 14.6. The summed E-state index contributed by atoms with van der Waals surface area (Å²) in [5.41, 5.74) is 3.99. The summed E-state index contributed by atoms with van der Waals surface area (Å²) in [6.07, 6.45) is 3.74. The second-order valence-corrected chi connectivity index (χ2v) is 5.46. The van der Waals surface area contributed by atoms with Gasteiger partial charge >= 0.3 is 0 Å². The molecule has 0 aliphatic heterocycles. The van der Waals surface area contributed by atoms with E-state index in [0.29, 0.717) is 12.2 Å². The van der Waals surface area contributed by atoms with E-state index in [1.807, 2.05) is 43.3 Å². The molecule has 0 fully saturated rings. The van der Waals surface area contributed by atoms with Crippen LogP contribution >= 0.6 is 0 Å². The van der Waals surface area contributed by atoms with E-state index in [2.05, 4.69) is 16.4 Å². The van der Waals surface area contributed by atoms with Crippen molar-refractivity contribution in [3.8, 4) is 6.07 Å². The van der Waals surface area contributed by atoms with Crippen LogP contribution in [0, 0.1) is 24.1 Å². The van der Waals surface area contributed by atoms with Gasteiger partial charge in [-0.3, -0.25) is 0 Å². The van der Waals surface area contributed by atoms with E-state index >= 15 is 0 Å². The van der Waals surface area contributed by atoms with E-state index < -0.39 is 0 Å². The molecule has 0 spiro atoms. The van der Waals surface area contributed by atoms with Crippen molar-refractivity contribution in [2.24, 2.45) is 0 Å². The summed E-state index contributed by atoms with van der Waals surface area (Å²) in [6, 6.07) is 16.3. The molecule has 0 aliphatic rings. The molecule has 0 atom stereocenters. The minimum atomic E-state index is -0.283. The fourth-order valence-corrected chi connectivity index (χ4v) is 2.30. The number of aromatic nitrogens is 3. The molecule has 0 bridgehead atoms. The molecule has 118 valence electrons. The lowest BCUT2D eigenvalue weighted by Gasteiger charge is -2.04. The first-order valence-corrected chi connectivity index (χ1v) is 7.48. The zero-order chi connectivity index (χ0) is 16.9. The second-order valence-electron chi connectivity index (χ2n) is 5.46. The first-order valence-electron chi connectivity index (χ1n) is 7.48. The lowest BCUT2D eigenvalue weighted by molar-refractivity contribution is 0.620. The van der Waals surface area contributed by atoms with Gasteiger partial charge in [0.05, 0.1) is 12.2 Å². The quantitative estimate of drug-likeness (QED) is 0.735. The van der Waals surface area contributed by atoms with E-state index in [4.69, 9.17) is 0 Å². The Balaban J connectivity index is 1.89. The molecule has 4 nitrogen and oxygen atoms in total. The fourth-order valence-electron chi connectivity index (χ4n) is 2.30. The number of halogens is 1. The van der Waals surface area contributed by atoms with Crippen LogP contribution in [-0.4, -0.2) is 15.0 Å². The Morgan fingerprint density at radius 1 is 1.08 bits per heavy atom. The third-order valence-electron chi connectivity index (χ3n) is 3.64. The second kappa shape index (κ2) is 6.88. The molecule has 0 saturated heterocycles. The highest BCUT2D eigenvalue weighted by molar-refractivity contribution is 5.70. The summed E-state index contributed by atoms with van der Waals surface area (Å²) in [6.45, 7) is 2.45. The highest BCUT2D eigenvalue weighted by atomic mass is 19.1. The number of nitrogens with zero attached hydrogens (tertiary/aromatic N) is 4. The van der Waals surface area contributed by atoms with Gasteiger partial charge in [-0.25, -0.2) is 9.07 Å². The largest absolute Gasteiger partial charge is 0.239 e. The Hall–Kier alpha value is -3.26. The molecule has 0 amide bonds. The molecule has 5 heteroatoms. The number of nitriles is 1. The number of benzene rings is 2. The van der Waals surface area contributed by atoms with Crippen LogP contribution in [0.3, 0.4) is 0 Å². The van der Waals surface area contributed by atoms with Crippen LogP contribution in [0.15, 0.2) is 48.5 Å². The van der Waals surface area contributed by atoms with Crippen LogP contribution < -0.4 is 0 Å². The first kappa shape index (κ1) is 15.6. The van der Waals surface area contributed by atoms with Crippen molar-refractivity contribution < 1.29 is 4.39 Å². The van der Waals surface area contributed by atoms with Gasteiger partial charge in [0.1, 0.15) is 11.9 Å². The SMILES string of the molecule is Cc1ccc(/C=C/c2c(C#N)nnn2Cc2ccc(F)cc2)cc1. The normalized spacial score (nSPS) is 10.9. The Bertz CT molecular complexity index is 900. The van der Waals surface area contributed by atoms with Gasteiger partial charge in [0.2, 0.25) is 0 Å². The molecule has 0 unspecified atom stereocenters. The van der Waals surface area contributed by atoms with Gasteiger partial charge in [0, 0.05) is 0 Å². The van der Waals surface area contributed by atoms with Crippen LogP contribution in [0.2, 0.25) is 0 Å². The molecule has 3 rings (SSSR count). The highest BCUT2D eigenvalue weighted by Crippen LogP contribution is 2.14. The van der Waals surface area contributed by atoms with Gasteiger partial charge in [-0.15, -0.1) is 5.10 Å². The molecule has 0 N–H and O–H groups in total. The maximum Gasteiger partial charge on any atom is 0.190 e. The molecular weight excluding hydrogens is 303 g/mol. The van der Waals surface area contributed by atoms with Gasteiger partial charge in [0.25, 0.3) is 0 Å². The van der Waals surface area contributed by atoms with E-state index in [9.17, 15) is 9.65 Å². The summed E-state index contributed by atoms with van der Waals surface area (Å²) in [5, 5.41) is 17.2. The standard InChI is InChI=1S/C19H15FN4/c1-14-2-4-15(5-3-14)8-11-19-18(12-21)22-23-24(19)13-16-6-9-17(20)10-7-16/h2-11H,13H2,1H3/b11-8+. The minimum absolute atomic E-state index is 0.264. The maximum atomic E-state index is 13.0. The number of hydrogen-bond acceptors (Lipinski definition) is 3. The first-order chi connectivity index (χ1) is 11.7. The lowest BCUT2D eigenvalue weighted by Crippen LogP contribution is -2.04. The molecule has 3 aromatic rings. The van der Waals surface area contributed by atoms with E-state index in [1.54, 1.807) is 16.8 Å². The number of rotatable bonds is 4. The van der Waals surface area contributed by atoms with Crippen molar-refractivity contribution in [2.45, 2.75) is 13.5 Å². The average Bonchev–Trinajstić information content (AvgIpc) is 2.98. The van der Waals surface area contributed by atoms with Crippen LogP contribution in [0.25, 0.3) is 12.2 Å². The van der Waals surface area contributed by atoms with Crippen LogP contribution in [-0.2, 0) is 6.54 Å². The van der Waals surface area contributed by atoms with Gasteiger partial charge < -0.3 is 0 Å². The Labute approximate surface area is 139 Å². The van der Waals surface area contributed by atoms with Crippen molar-refractivity contribution in [3.63, 3.8) is 0 Å².